The van der Waals surface area contributed by atoms with Crippen LogP contribution >= 0.6 is 0 Å². The van der Waals surface area contributed by atoms with E-state index in [2.05, 4.69) is 27.7 Å². The Morgan fingerprint density at radius 2 is 1.57 bits per heavy atom. The Morgan fingerprint density at radius 1 is 1.07 bits per heavy atom. The monoisotopic (exact) mass is 198 g/mol. The van der Waals surface area contributed by atoms with Gasteiger partial charge in [0.1, 0.15) is 0 Å². The highest BCUT2D eigenvalue weighted by Crippen LogP contribution is 2.42. The van der Waals surface area contributed by atoms with E-state index in [4.69, 9.17) is 0 Å². The fourth-order valence-electron chi connectivity index (χ4n) is 2.98. The van der Waals surface area contributed by atoms with Crippen molar-refractivity contribution in [1.29, 1.82) is 0 Å². The van der Waals surface area contributed by atoms with Crippen LogP contribution in [-0.4, -0.2) is 10.7 Å². The van der Waals surface area contributed by atoms with Gasteiger partial charge >= 0.3 is 0 Å². The van der Waals surface area contributed by atoms with Crippen molar-refractivity contribution in [3.05, 3.63) is 0 Å². The van der Waals surface area contributed by atoms with Gasteiger partial charge in [-0.1, -0.05) is 40.5 Å². The van der Waals surface area contributed by atoms with Gasteiger partial charge in [-0.15, -0.1) is 0 Å². The second-order valence-electron chi connectivity index (χ2n) is 5.79. The lowest BCUT2D eigenvalue weighted by Gasteiger charge is -2.36. The maximum Gasteiger partial charge on any atom is 0.0678 e. The molecule has 0 aliphatic heterocycles. The Balaban J connectivity index is 2.65. The fraction of sp³-hybridized carbons (Fsp3) is 1.00. The van der Waals surface area contributed by atoms with E-state index in [1.807, 2.05) is 0 Å². The molecule has 14 heavy (non-hydrogen) atoms. The highest BCUT2D eigenvalue weighted by atomic mass is 16.3. The molecule has 0 aromatic rings. The summed E-state index contributed by atoms with van der Waals surface area (Å²) in [5, 5.41) is 10.6. The van der Waals surface area contributed by atoms with Crippen LogP contribution in [0.2, 0.25) is 0 Å². The average molecular weight is 198 g/mol. The van der Waals surface area contributed by atoms with E-state index in [0.29, 0.717) is 17.8 Å². The van der Waals surface area contributed by atoms with Crippen LogP contribution in [0.3, 0.4) is 0 Å². The van der Waals surface area contributed by atoms with E-state index in [1.54, 1.807) is 0 Å². The first-order valence-electron chi connectivity index (χ1n) is 6.18. The molecule has 0 radical (unpaired) electrons. The van der Waals surface area contributed by atoms with Crippen LogP contribution in [0.25, 0.3) is 0 Å². The normalized spacial score (nSPS) is 23.4. The molecule has 0 unspecified atom stereocenters. The predicted molar refractivity (Wildman–Crippen MR) is 61.2 cm³/mol. The molecule has 0 bridgehead atoms. The zero-order valence-corrected chi connectivity index (χ0v) is 10.2. The summed E-state index contributed by atoms with van der Waals surface area (Å²) in [6.45, 7) is 9.02. The van der Waals surface area contributed by atoms with Crippen LogP contribution in [-0.2, 0) is 0 Å². The van der Waals surface area contributed by atoms with Crippen molar-refractivity contribution in [2.75, 3.05) is 0 Å². The Kier molecular flexibility index (Phi) is 4.00. The van der Waals surface area contributed by atoms with Crippen molar-refractivity contribution in [3.63, 3.8) is 0 Å². The lowest BCUT2D eigenvalue weighted by molar-refractivity contribution is -0.0394. The zero-order valence-electron chi connectivity index (χ0n) is 10.2. The SMILES string of the molecule is CC(C)C[C@@H](C(C)C)C1(O)CCCC1. The maximum absolute atomic E-state index is 10.6. The first kappa shape index (κ1) is 12.0. The first-order chi connectivity index (χ1) is 6.46. The fourth-order valence-corrected chi connectivity index (χ4v) is 2.98. The molecule has 1 aliphatic rings. The van der Waals surface area contributed by atoms with Crippen molar-refractivity contribution in [2.24, 2.45) is 17.8 Å². The average Bonchev–Trinajstić information content (AvgIpc) is 2.48. The molecule has 1 aliphatic carbocycles. The van der Waals surface area contributed by atoms with Gasteiger partial charge in [0.2, 0.25) is 0 Å². The third-order valence-electron chi connectivity index (χ3n) is 3.69. The lowest BCUT2D eigenvalue weighted by Crippen LogP contribution is -2.38. The van der Waals surface area contributed by atoms with E-state index >= 15 is 0 Å². The van der Waals surface area contributed by atoms with E-state index < -0.39 is 0 Å². The van der Waals surface area contributed by atoms with E-state index in [1.165, 1.54) is 19.3 Å². The minimum absolute atomic E-state index is 0.335. The molecule has 1 N–H and O–H groups in total. The van der Waals surface area contributed by atoms with Gasteiger partial charge in [0.25, 0.3) is 0 Å². The van der Waals surface area contributed by atoms with Gasteiger partial charge in [0.15, 0.2) is 0 Å². The molecule has 0 heterocycles. The van der Waals surface area contributed by atoms with Gasteiger partial charge in [-0.3, -0.25) is 0 Å². The highest BCUT2D eigenvalue weighted by Gasteiger charge is 2.40. The van der Waals surface area contributed by atoms with Crippen molar-refractivity contribution in [2.45, 2.75) is 65.4 Å². The van der Waals surface area contributed by atoms with Gasteiger partial charge in [0, 0.05) is 0 Å². The lowest BCUT2D eigenvalue weighted by atomic mass is 9.74. The quantitative estimate of drug-likeness (QED) is 0.731. The molecular formula is C13H26O. The second-order valence-corrected chi connectivity index (χ2v) is 5.79. The molecule has 1 nitrogen and oxygen atoms in total. The summed E-state index contributed by atoms with van der Waals surface area (Å²) in [5.41, 5.74) is -0.335. The summed E-state index contributed by atoms with van der Waals surface area (Å²) < 4.78 is 0. The van der Waals surface area contributed by atoms with Crippen LogP contribution in [0.15, 0.2) is 0 Å². The van der Waals surface area contributed by atoms with Crippen LogP contribution in [0.5, 0.6) is 0 Å². The number of aliphatic hydroxyl groups is 1. The van der Waals surface area contributed by atoms with Gasteiger partial charge in [-0.25, -0.2) is 0 Å². The van der Waals surface area contributed by atoms with Crippen molar-refractivity contribution < 1.29 is 5.11 Å². The second kappa shape index (κ2) is 4.65. The minimum atomic E-state index is -0.335. The molecule has 0 aromatic carbocycles. The summed E-state index contributed by atoms with van der Waals surface area (Å²) in [7, 11) is 0. The standard InChI is InChI=1S/C13H26O/c1-10(2)9-12(11(3)4)13(14)7-5-6-8-13/h10-12,14H,5-9H2,1-4H3/t12-/m0/s1. The number of hydrogen-bond acceptors (Lipinski definition) is 1. The van der Waals surface area contributed by atoms with Crippen molar-refractivity contribution >= 4 is 0 Å². The van der Waals surface area contributed by atoms with Crippen LogP contribution < -0.4 is 0 Å². The molecule has 1 saturated carbocycles. The molecule has 0 saturated heterocycles. The maximum atomic E-state index is 10.6. The Morgan fingerprint density at radius 3 is 1.93 bits per heavy atom. The number of hydrogen-bond donors (Lipinski definition) is 1. The third kappa shape index (κ3) is 2.73. The summed E-state index contributed by atoms with van der Waals surface area (Å²) in [5.74, 6) is 1.82. The zero-order chi connectivity index (χ0) is 10.8. The Labute approximate surface area is 88.9 Å². The molecule has 1 heteroatoms. The minimum Gasteiger partial charge on any atom is -0.390 e. The predicted octanol–water partition coefficient (Wildman–Crippen LogP) is 3.61. The molecule has 1 rings (SSSR count). The Bertz CT molecular complexity index is 166. The molecule has 0 amide bonds. The summed E-state index contributed by atoms with van der Waals surface area (Å²) in [6, 6.07) is 0. The third-order valence-corrected chi connectivity index (χ3v) is 3.69. The van der Waals surface area contributed by atoms with Gasteiger partial charge in [-0.05, 0) is 37.0 Å². The van der Waals surface area contributed by atoms with E-state index in [0.717, 1.165) is 12.8 Å². The van der Waals surface area contributed by atoms with Crippen LogP contribution in [0, 0.1) is 17.8 Å². The summed E-state index contributed by atoms with van der Waals surface area (Å²) in [4.78, 5) is 0. The highest BCUT2D eigenvalue weighted by molar-refractivity contribution is 4.92. The van der Waals surface area contributed by atoms with Crippen LogP contribution in [0.1, 0.15) is 59.8 Å². The molecular weight excluding hydrogens is 172 g/mol. The smallest absolute Gasteiger partial charge is 0.0678 e. The van der Waals surface area contributed by atoms with Gasteiger partial charge in [0.05, 0.1) is 5.60 Å². The molecule has 0 spiro atoms. The molecule has 0 aromatic heterocycles. The first-order valence-corrected chi connectivity index (χ1v) is 6.18. The summed E-state index contributed by atoms with van der Waals surface area (Å²) >= 11 is 0. The molecule has 1 atom stereocenters. The summed E-state index contributed by atoms with van der Waals surface area (Å²) in [6.07, 6.45) is 5.68. The largest absolute Gasteiger partial charge is 0.390 e. The van der Waals surface area contributed by atoms with Gasteiger partial charge in [-0.2, -0.15) is 0 Å². The Hall–Kier alpha value is -0.0400. The van der Waals surface area contributed by atoms with Crippen LogP contribution in [0.4, 0.5) is 0 Å². The topological polar surface area (TPSA) is 20.2 Å². The van der Waals surface area contributed by atoms with E-state index in [-0.39, 0.29) is 5.60 Å². The van der Waals surface area contributed by atoms with Crippen molar-refractivity contribution in [1.82, 2.24) is 0 Å². The number of rotatable bonds is 4. The van der Waals surface area contributed by atoms with E-state index in [9.17, 15) is 5.11 Å². The van der Waals surface area contributed by atoms with Crippen molar-refractivity contribution in [3.8, 4) is 0 Å². The molecule has 84 valence electrons. The molecule has 1 fully saturated rings. The van der Waals surface area contributed by atoms with Gasteiger partial charge < -0.3 is 5.11 Å².